The number of nitrogens with zero attached hydrogens (tertiary/aromatic N) is 1. The Kier molecular flexibility index (Phi) is 3.41. The number of carbonyl (C=O) groups is 1. The fourth-order valence-electron chi connectivity index (χ4n) is 5.01. The first kappa shape index (κ1) is 16.7. The predicted octanol–water partition coefficient (Wildman–Crippen LogP) is 3.97. The van der Waals surface area contributed by atoms with Gasteiger partial charge in [0, 0.05) is 24.0 Å². The molecule has 27 heavy (non-hydrogen) atoms. The molecule has 0 saturated carbocycles. The summed E-state index contributed by atoms with van der Waals surface area (Å²) in [5.74, 6) is -0.781. The fourth-order valence-corrected chi connectivity index (χ4v) is 5.01. The van der Waals surface area contributed by atoms with Gasteiger partial charge in [-0.25, -0.2) is 9.18 Å². The van der Waals surface area contributed by atoms with Crippen LogP contribution in [0, 0.1) is 0 Å². The molecule has 3 nitrogen and oxygen atoms in total. The third-order valence-corrected chi connectivity index (χ3v) is 6.72. The van der Waals surface area contributed by atoms with Crippen molar-refractivity contribution >= 4 is 5.97 Å². The van der Waals surface area contributed by atoms with E-state index in [0.717, 1.165) is 28.5 Å². The molecule has 2 aromatic carbocycles. The summed E-state index contributed by atoms with van der Waals surface area (Å²) in [5, 5.41) is 0. The van der Waals surface area contributed by atoms with Gasteiger partial charge in [-0.2, -0.15) is 0 Å². The van der Waals surface area contributed by atoms with Crippen LogP contribution < -0.4 is 0 Å². The molecular weight excluding hydrogens is 341 g/mol. The SMILES string of the molecule is C[N+]1(C)C2C=C[C@@H]1CC(OC(=O)C1(F)c3ccccc3-c3ccccc31)C2. The van der Waals surface area contributed by atoms with Crippen LogP contribution in [-0.2, 0) is 15.2 Å². The Morgan fingerprint density at radius 3 is 1.96 bits per heavy atom. The van der Waals surface area contributed by atoms with Crippen molar-refractivity contribution in [2.24, 2.45) is 0 Å². The standard InChI is InChI=1S/C23H23FNO2/c1-25(2)15-11-12-16(25)14-17(13-15)27-22(26)23(24)20-9-5-3-7-18(20)19-8-4-6-10-21(19)23/h3-12,15-17H,13-14H2,1-2H3/q+1/t15-,16?,17?/m1/s1. The van der Waals surface area contributed by atoms with Crippen LogP contribution in [0.1, 0.15) is 24.0 Å². The summed E-state index contributed by atoms with van der Waals surface area (Å²) in [7, 11) is 4.40. The molecule has 4 heteroatoms. The number of quaternary nitrogens is 1. The molecule has 0 N–H and O–H groups in total. The average molecular weight is 364 g/mol. The molecule has 2 aromatic rings. The Hall–Kier alpha value is -2.46. The second kappa shape index (κ2) is 5.52. The second-order valence-electron chi connectivity index (χ2n) is 8.40. The minimum absolute atomic E-state index is 0.249. The Labute approximate surface area is 158 Å². The molecule has 0 amide bonds. The molecule has 2 aliphatic heterocycles. The first-order valence-corrected chi connectivity index (χ1v) is 9.53. The monoisotopic (exact) mass is 364 g/mol. The van der Waals surface area contributed by atoms with Gasteiger partial charge in [0.15, 0.2) is 0 Å². The highest BCUT2D eigenvalue weighted by Crippen LogP contribution is 2.51. The lowest BCUT2D eigenvalue weighted by atomic mass is 9.92. The first-order valence-electron chi connectivity index (χ1n) is 9.53. The van der Waals surface area contributed by atoms with Gasteiger partial charge in [-0.15, -0.1) is 0 Å². The molecule has 3 atom stereocenters. The van der Waals surface area contributed by atoms with Crippen molar-refractivity contribution in [3.8, 4) is 11.1 Å². The molecule has 0 spiro atoms. The zero-order chi connectivity index (χ0) is 18.8. The number of hydrogen-bond acceptors (Lipinski definition) is 2. The average Bonchev–Trinajstić information content (AvgIpc) is 2.96. The lowest BCUT2D eigenvalue weighted by Gasteiger charge is -2.44. The summed E-state index contributed by atoms with van der Waals surface area (Å²) in [6.45, 7) is 0. The maximum Gasteiger partial charge on any atom is 0.353 e. The van der Waals surface area contributed by atoms with Crippen LogP contribution in [0.3, 0.4) is 0 Å². The van der Waals surface area contributed by atoms with Gasteiger partial charge in [-0.1, -0.05) is 48.5 Å². The van der Waals surface area contributed by atoms with Crippen LogP contribution in [0.5, 0.6) is 0 Å². The Bertz CT molecular complexity index is 901. The normalized spacial score (nSPS) is 28.5. The summed E-state index contributed by atoms with van der Waals surface area (Å²) < 4.78 is 23.0. The number of halogens is 1. The number of benzene rings is 2. The van der Waals surface area contributed by atoms with E-state index in [2.05, 4.69) is 26.2 Å². The zero-order valence-electron chi connectivity index (χ0n) is 15.6. The number of alkyl halides is 1. The van der Waals surface area contributed by atoms with Gasteiger partial charge in [0.1, 0.15) is 18.2 Å². The highest BCUT2D eigenvalue weighted by molar-refractivity contribution is 5.96. The van der Waals surface area contributed by atoms with Crippen LogP contribution in [0.25, 0.3) is 11.1 Å². The number of likely N-dealkylation sites (N-methyl/N-ethyl adjacent to an activating group) is 1. The van der Waals surface area contributed by atoms with Crippen molar-refractivity contribution in [3.63, 3.8) is 0 Å². The third-order valence-electron chi connectivity index (χ3n) is 6.72. The minimum atomic E-state index is -2.23. The highest BCUT2D eigenvalue weighted by atomic mass is 19.1. The molecule has 3 aliphatic rings. The summed E-state index contributed by atoms with van der Waals surface area (Å²) in [5.41, 5.74) is 0.0986. The topological polar surface area (TPSA) is 26.3 Å². The molecule has 0 aromatic heterocycles. The number of fused-ring (bicyclic) bond motifs is 5. The van der Waals surface area contributed by atoms with E-state index in [1.807, 2.05) is 24.3 Å². The van der Waals surface area contributed by atoms with E-state index in [4.69, 9.17) is 4.74 Å². The van der Waals surface area contributed by atoms with Gasteiger partial charge >= 0.3 is 5.97 Å². The van der Waals surface area contributed by atoms with Crippen molar-refractivity contribution in [2.75, 3.05) is 14.1 Å². The van der Waals surface area contributed by atoms with Crippen molar-refractivity contribution in [1.82, 2.24) is 0 Å². The van der Waals surface area contributed by atoms with Crippen LogP contribution in [0.4, 0.5) is 4.39 Å². The molecule has 138 valence electrons. The van der Waals surface area contributed by atoms with Gasteiger partial charge < -0.3 is 9.22 Å². The number of rotatable bonds is 2. The molecule has 2 bridgehead atoms. The zero-order valence-corrected chi connectivity index (χ0v) is 15.6. The van der Waals surface area contributed by atoms with Crippen molar-refractivity contribution in [1.29, 1.82) is 0 Å². The van der Waals surface area contributed by atoms with Crippen LogP contribution in [-0.4, -0.2) is 42.7 Å². The quantitative estimate of drug-likeness (QED) is 0.458. The van der Waals surface area contributed by atoms with E-state index in [9.17, 15) is 4.79 Å². The lowest BCUT2D eigenvalue weighted by Crippen LogP contribution is -2.57. The van der Waals surface area contributed by atoms with Gasteiger partial charge in [-0.05, 0) is 23.3 Å². The molecule has 0 radical (unpaired) electrons. The summed E-state index contributed by atoms with van der Waals surface area (Å²) in [4.78, 5) is 13.1. The van der Waals surface area contributed by atoms with E-state index in [1.54, 1.807) is 24.3 Å². The predicted molar refractivity (Wildman–Crippen MR) is 102 cm³/mol. The Morgan fingerprint density at radius 1 is 0.963 bits per heavy atom. The molecule has 1 aliphatic carbocycles. The van der Waals surface area contributed by atoms with E-state index in [0.29, 0.717) is 23.2 Å². The Balaban J connectivity index is 1.47. The largest absolute Gasteiger partial charge is 0.459 e. The van der Waals surface area contributed by atoms with Gasteiger partial charge in [-0.3, -0.25) is 0 Å². The maximum absolute atomic E-state index is 16.3. The van der Waals surface area contributed by atoms with Crippen LogP contribution in [0.2, 0.25) is 0 Å². The van der Waals surface area contributed by atoms with Crippen molar-refractivity contribution < 1.29 is 18.4 Å². The molecule has 5 rings (SSSR count). The molecule has 2 unspecified atom stereocenters. The summed E-state index contributed by atoms with van der Waals surface area (Å²) in [6, 6.07) is 15.1. The van der Waals surface area contributed by atoms with Gasteiger partial charge in [0.25, 0.3) is 5.67 Å². The molecule has 1 fully saturated rings. The summed E-state index contributed by atoms with van der Waals surface area (Å²) in [6.07, 6.45) is 5.66. The van der Waals surface area contributed by atoms with Crippen molar-refractivity contribution in [2.45, 2.75) is 36.7 Å². The molecule has 2 heterocycles. The number of esters is 1. The number of hydrogen-bond donors (Lipinski definition) is 0. The lowest BCUT2D eigenvalue weighted by molar-refractivity contribution is -0.926. The Morgan fingerprint density at radius 2 is 1.44 bits per heavy atom. The number of ether oxygens (including phenoxy) is 1. The second-order valence-corrected chi connectivity index (χ2v) is 8.40. The number of carbonyl (C=O) groups excluding carboxylic acids is 1. The van der Waals surface area contributed by atoms with Crippen LogP contribution in [0.15, 0.2) is 60.7 Å². The third kappa shape index (κ3) is 2.19. The molecular formula is C23H23FNO2+. The minimum Gasteiger partial charge on any atom is -0.459 e. The van der Waals surface area contributed by atoms with E-state index in [1.165, 1.54) is 0 Å². The van der Waals surface area contributed by atoms with Crippen molar-refractivity contribution in [3.05, 3.63) is 71.8 Å². The highest BCUT2D eigenvalue weighted by Gasteiger charge is 2.53. The first-order chi connectivity index (χ1) is 12.9. The summed E-state index contributed by atoms with van der Waals surface area (Å²) >= 11 is 0. The van der Waals surface area contributed by atoms with E-state index in [-0.39, 0.29) is 6.10 Å². The van der Waals surface area contributed by atoms with Gasteiger partial charge in [0.05, 0.1) is 14.1 Å². The van der Waals surface area contributed by atoms with E-state index >= 15 is 4.39 Å². The fraction of sp³-hybridized carbons (Fsp3) is 0.348. The smallest absolute Gasteiger partial charge is 0.353 e. The van der Waals surface area contributed by atoms with E-state index < -0.39 is 11.6 Å². The molecule has 1 saturated heterocycles. The maximum atomic E-state index is 16.3. The van der Waals surface area contributed by atoms with Gasteiger partial charge in [0.2, 0.25) is 0 Å². The van der Waals surface area contributed by atoms with Crippen LogP contribution >= 0.6 is 0 Å². The number of piperidine rings is 1.